The third kappa shape index (κ3) is 3.95. The van der Waals surface area contributed by atoms with E-state index in [4.69, 9.17) is 21.1 Å². The van der Waals surface area contributed by atoms with Crippen LogP contribution in [0.2, 0.25) is 5.02 Å². The van der Waals surface area contributed by atoms with Gasteiger partial charge in [-0.05, 0) is 56.2 Å². The molecule has 1 fully saturated rings. The van der Waals surface area contributed by atoms with Crippen LogP contribution in [0.25, 0.3) is 0 Å². The van der Waals surface area contributed by atoms with Crippen molar-refractivity contribution < 1.29 is 31.5 Å². The molecule has 1 aliphatic carbocycles. The number of alkyl carbamates (subject to hydrolysis) is 1. The molecule has 2 aromatic carbocycles. The smallest absolute Gasteiger partial charge is 0.407 e. The Labute approximate surface area is 196 Å². The lowest BCUT2D eigenvalue weighted by molar-refractivity contribution is 0.0334. The molecule has 6 nitrogen and oxygen atoms in total. The van der Waals surface area contributed by atoms with E-state index in [9.17, 15) is 17.6 Å². The minimum atomic E-state index is -4.24. The fourth-order valence-electron chi connectivity index (χ4n) is 5.09. The molecule has 1 heterocycles. The van der Waals surface area contributed by atoms with Crippen molar-refractivity contribution in [1.29, 1.82) is 0 Å². The van der Waals surface area contributed by atoms with Crippen LogP contribution < -0.4 is 10.1 Å². The quantitative estimate of drug-likeness (QED) is 0.636. The molecule has 3 atom stereocenters. The molecule has 33 heavy (non-hydrogen) atoms. The number of rotatable bonds is 5. The monoisotopic (exact) mass is 499 g/mol. The highest BCUT2D eigenvalue weighted by Gasteiger charge is 2.61. The average Bonchev–Trinajstić information content (AvgIpc) is 2.79. The number of fused-ring (bicyclic) bond motifs is 3. The maximum absolute atomic E-state index is 15.3. The molecular weight excluding hydrogens is 476 g/mol. The topological polar surface area (TPSA) is 81.7 Å². The zero-order chi connectivity index (χ0) is 23.8. The molecule has 1 saturated carbocycles. The molecule has 178 valence electrons. The van der Waals surface area contributed by atoms with Gasteiger partial charge in [0.15, 0.2) is 21.4 Å². The van der Waals surface area contributed by atoms with Gasteiger partial charge < -0.3 is 14.8 Å². The molecular formula is C23H24ClF2NO5S. The predicted molar refractivity (Wildman–Crippen MR) is 118 cm³/mol. The van der Waals surface area contributed by atoms with Gasteiger partial charge in [-0.2, -0.15) is 0 Å². The van der Waals surface area contributed by atoms with E-state index in [-0.39, 0.29) is 35.8 Å². The summed E-state index contributed by atoms with van der Waals surface area (Å²) >= 11 is 5.95. The van der Waals surface area contributed by atoms with Crippen LogP contribution >= 0.6 is 11.6 Å². The van der Waals surface area contributed by atoms with Crippen molar-refractivity contribution in [3.8, 4) is 5.75 Å². The van der Waals surface area contributed by atoms with E-state index in [2.05, 4.69) is 5.32 Å². The van der Waals surface area contributed by atoms with Crippen LogP contribution in [0.15, 0.2) is 41.3 Å². The number of ether oxygens (including phenoxy) is 2. The van der Waals surface area contributed by atoms with Crippen LogP contribution in [0.5, 0.6) is 5.75 Å². The SMILES string of the molecule is CCNC(=O)OC[C@@H]1CCCC2(S(=O)(=O)c3ccc(Cl)cc3)c3c(F)ccc(F)c3OC[C@@H]12. The van der Waals surface area contributed by atoms with Gasteiger partial charge in [0.25, 0.3) is 0 Å². The summed E-state index contributed by atoms with van der Waals surface area (Å²) in [4.78, 5) is 11.8. The summed E-state index contributed by atoms with van der Waals surface area (Å²) in [6, 6.07) is 7.47. The molecule has 4 rings (SSSR count). The number of sulfone groups is 1. The van der Waals surface area contributed by atoms with Crippen molar-refractivity contribution in [3.63, 3.8) is 0 Å². The van der Waals surface area contributed by atoms with Crippen LogP contribution in [0.4, 0.5) is 13.6 Å². The molecule has 0 spiro atoms. The molecule has 2 aromatic rings. The molecule has 0 aromatic heterocycles. The lowest BCUT2D eigenvalue weighted by atomic mass is 9.67. The summed E-state index contributed by atoms with van der Waals surface area (Å²) in [7, 11) is -4.24. The first kappa shape index (κ1) is 23.8. The third-order valence-electron chi connectivity index (χ3n) is 6.53. The Morgan fingerprint density at radius 3 is 2.61 bits per heavy atom. The van der Waals surface area contributed by atoms with Gasteiger partial charge in [0.05, 0.1) is 23.7 Å². The van der Waals surface area contributed by atoms with Gasteiger partial charge in [0.1, 0.15) is 10.6 Å². The lowest BCUT2D eigenvalue weighted by Crippen LogP contribution is -2.55. The summed E-state index contributed by atoms with van der Waals surface area (Å²) < 4.78 is 67.4. The standard InChI is InChI=1S/C23H24ClF2NO5S/c1-2-27-22(28)32-12-14-4-3-11-23(33(29,30)16-7-5-15(24)6-8-16)17(14)13-31-21-19(26)10-9-18(25)20(21)23/h5-10,14,17H,2-4,11-13H2,1H3,(H,27,28)/t14-,17-,23?/m0/s1. The highest BCUT2D eigenvalue weighted by atomic mass is 35.5. The van der Waals surface area contributed by atoms with Gasteiger partial charge in [-0.15, -0.1) is 0 Å². The Kier molecular flexibility index (Phi) is 6.55. The Bertz CT molecular complexity index is 1160. The van der Waals surface area contributed by atoms with Gasteiger partial charge in [-0.3, -0.25) is 0 Å². The molecule has 0 bridgehead atoms. The number of benzene rings is 2. The fraction of sp³-hybridized carbons (Fsp3) is 0.435. The van der Waals surface area contributed by atoms with E-state index in [1.165, 1.54) is 24.3 Å². The van der Waals surface area contributed by atoms with Gasteiger partial charge in [0, 0.05) is 23.4 Å². The Balaban J connectivity index is 1.87. The molecule has 0 radical (unpaired) electrons. The second-order valence-electron chi connectivity index (χ2n) is 8.28. The summed E-state index contributed by atoms with van der Waals surface area (Å²) in [5.41, 5.74) is -0.295. The minimum Gasteiger partial charge on any atom is -0.490 e. The molecule has 10 heteroatoms. The second kappa shape index (κ2) is 9.10. The van der Waals surface area contributed by atoms with E-state index in [0.29, 0.717) is 24.4 Å². The van der Waals surface area contributed by atoms with Crippen LogP contribution in [0, 0.1) is 23.5 Å². The first-order chi connectivity index (χ1) is 15.7. The van der Waals surface area contributed by atoms with Gasteiger partial charge in [0.2, 0.25) is 0 Å². The van der Waals surface area contributed by atoms with Gasteiger partial charge >= 0.3 is 6.09 Å². The summed E-state index contributed by atoms with van der Waals surface area (Å²) in [5, 5.41) is 2.88. The second-order valence-corrected chi connectivity index (χ2v) is 10.9. The van der Waals surface area contributed by atoms with E-state index in [1.54, 1.807) is 6.92 Å². The zero-order valence-corrected chi connectivity index (χ0v) is 19.5. The first-order valence-corrected chi connectivity index (χ1v) is 12.6. The van der Waals surface area contributed by atoms with Crippen molar-refractivity contribution in [2.75, 3.05) is 19.8 Å². The molecule has 0 saturated heterocycles. The fourth-order valence-corrected chi connectivity index (χ4v) is 7.66. The zero-order valence-electron chi connectivity index (χ0n) is 17.9. The molecule has 1 aliphatic heterocycles. The molecule has 1 unspecified atom stereocenters. The lowest BCUT2D eigenvalue weighted by Gasteiger charge is -2.50. The summed E-state index contributed by atoms with van der Waals surface area (Å²) in [5.74, 6) is -3.24. The summed E-state index contributed by atoms with van der Waals surface area (Å²) in [6.45, 7) is 1.91. The summed E-state index contributed by atoms with van der Waals surface area (Å²) in [6.07, 6.45) is 0.431. The van der Waals surface area contributed by atoms with E-state index in [0.717, 1.165) is 12.1 Å². The van der Waals surface area contributed by atoms with Gasteiger partial charge in [-0.25, -0.2) is 22.0 Å². The molecule has 1 N–H and O–H groups in total. The van der Waals surface area contributed by atoms with Crippen molar-refractivity contribution in [3.05, 3.63) is 58.6 Å². The number of hydrogen-bond donors (Lipinski definition) is 1. The third-order valence-corrected chi connectivity index (χ3v) is 9.35. The van der Waals surface area contributed by atoms with Crippen LogP contribution in [-0.2, 0) is 19.3 Å². The maximum Gasteiger partial charge on any atom is 0.407 e. The number of carbonyl (C=O) groups is 1. The minimum absolute atomic E-state index is 0.0429. The Hall–Kier alpha value is -2.39. The largest absolute Gasteiger partial charge is 0.490 e. The number of halogens is 3. The van der Waals surface area contributed by atoms with E-state index < -0.39 is 44.1 Å². The van der Waals surface area contributed by atoms with Crippen molar-refractivity contribution in [2.45, 2.75) is 35.8 Å². The number of nitrogens with one attached hydrogen (secondary N) is 1. The van der Waals surface area contributed by atoms with Crippen LogP contribution in [0.1, 0.15) is 31.7 Å². The Morgan fingerprint density at radius 1 is 1.21 bits per heavy atom. The van der Waals surface area contributed by atoms with E-state index in [1.807, 2.05) is 0 Å². The van der Waals surface area contributed by atoms with Crippen LogP contribution in [0.3, 0.4) is 0 Å². The highest BCUT2D eigenvalue weighted by molar-refractivity contribution is 7.92. The predicted octanol–water partition coefficient (Wildman–Crippen LogP) is 4.84. The molecule has 2 aliphatic rings. The van der Waals surface area contributed by atoms with Gasteiger partial charge in [-0.1, -0.05) is 18.0 Å². The van der Waals surface area contributed by atoms with Crippen molar-refractivity contribution in [1.82, 2.24) is 5.32 Å². The maximum atomic E-state index is 15.3. The number of hydrogen-bond acceptors (Lipinski definition) is 5. The van der Waals surface area contributed by atoms with Crippen molar-refractivity contribution in [2.24, 2.45) is 11.8 Å². The molecule has 1 amide bonds. The highest BCUT2D eigenvalue weighted by Crippen LogP contribution is 2.58. The van der Waals surface area contributed by atoms with Crippen molar-refractivity contribution >= 4 is 27.5 Å². The average molecular weight is 500 g/mol. The van der Waals surface area contributed by atoms with Crippen LogP contribution in [-0.4, -0.2) is 34.3 Å². The number of amides is 1. The van der Waals surface area contributed by atoms with E-state index >= 15 is 4.39 Å². The number of carbonyl (C=O) groups excluding carboxylic acids is 1. The Morgan fingerprint density at radius 2 is 1.91 bits per heavy atom. The first-order valence-electron chi connectivity index (χ1n) is 10.7. The normalized spacial score (nSPS) is 24.2.